The Bertz CT molecular complexity index is 1040. The summed E-state index contributed by atoms with van der Waals surface area (Å²) < 4.78 is 7.59. The van der Waals surface area contributed by atoms with Crippen LogP contribution in [0.5, 0.6) is 5.75 Å². The number of ether oxygens (including phenoxy) is 1. The number of carbonyl (C=O) groups excluding carboxylic acids is 1. The molecule has 154 valence electrons. The van der Waals surface area contributed by atoms with Crippen LogP contribution in [0.15, 0.2) is 80.8 Å². The zero-order valence-electron chi connectivity index (χ0n) is 15.7. The molecule has 0 spiro atoms. The van der Waals surface area contributed by atoms with Gasteiger partial charge in [0.25, 0.3) is 5.91 Å². The quantitative estimate of drug-likeness (QED) is 0.266. The van der Waals surface area contributed by atoms with E-state index < -0.39 is 0 Å². The van der Waals surface area contributed by atoms with Crippen LogP contribution in [-0.2, 0) is 11.4 Å². The topological polar surface area (TPSA) is 62.7 Å². The van der Waals surface area contributed by atoms with Crippen LogP contribution in [0.2, 0.25) is 5.02 Å². The normalized spacial score (nSPS) is 10.8. The van der Waals surface area contributed by atoms with Gasteiger partial charge in [0.15, 0.2) is 0 Å². The molecule has 0 saturated heterocycles. The summed E-state index contributed by atoms with van der Waals surface area (Å²) in [5.74, 6) is 0.447. The summed E-state index contributed by atoms with van der Waals surface area (Å²) in [6, 6.07) is 20.7. The van der Waals surface area contributed by atoms with E-state index in [1.165, 1.54) is 0 Å². The van der Waals surface area contributed by atoms with Gasteiger partial charge in [-0.25, -0.2) is 5.43 Å². The second kappa shape index (κ2) is 11.2. The smallest absolute Gasteiger partial charge is 0.259 e. The van der Waals surface area contributed by atoms with Crippen molar-refractivity contribution in [2.24, 2.45) is 5.10 Å². The molecule has 0 bridgehead atoms. The summed E-state index contributed by atoms with van der Waals surface area (Å²) >= 11 is 13.0. The van der Waals surface area contributed by atoms with Gasteiger partial charge in [0.1, 0.15) is 12.4 Å². The number of halogens is 3. The minimum atomic E-state index is -0.243. The van der Waals surface area contributed by atoms with Crippen LogP contribution in [0.3, 0.4) is 0 Å². The van der Waals surface area contributed by atoms with Crippen LogP contribution in [0.4, 0.5) is 5.69 Å². The maximum absolute atomic E-state index is 11.9. The second-order valence-electron chi connectivity index (χ2n) is 6.22. The van der Waals surface area contributed by atoms with Gasteiger partial charge in [0.2, 0.25) is 0 Å². The predicted octanol–water partition coefficient (Wildman–Crippen LogP) is 6.01. The molecule has 3 rings (SSSR count). The van der Waals surface area contributed by atoms with E-state index in [1.807, 2.05) is 66.7 Å². The van der Waals surface area contributed by atoms with Crippen molar-refractivity contribution in [3.63, 3.8) is 0 Å². The highest BCUT2D eigenvalue weighted by Crippen LogP contribution is 2.27. The average molecular weight is 552 g/mol. The van der Waals surface area contributed by atoms with E-state index in [9.17, 15) is 4.79 Å². The number of carbonyl (C=O) groups is 1. The number of benzene rings is 3. The standard InChI is InChI=1S/C22H18Br2ClN3O2/c23-17-6-8-18(9-7-17)26-13-22(29)28-27-12-15-5-10-21(19(24)11-15)30-14-16-3-1-2-4-20(16)25/h1-12,26H,13-14H2,(H,28,29)/b27-12-. The second-order valence-corrected chi connectivity index (χ2v) is 8.40. The van der Waals surface area contributed by atoms with E-state index >= 15 is 0 Å². The molecule has 8 heteroatoms. The molecule has 0 aliphatic carbocycles. The Labute approximate surface area is 196 Å². The Morgan fingerprint density at radius 1 is 1.07 bits per heavy atom. The van der Waals surface area contributed by atoms with Gasteiger partial charge in [-0.1, -0.05) is 45.7 Å². The summed E-state index contributed by atoms with van der Waals surface area (Å²) in [7, 11) is 0. The highest BCUT2D eigenvalue weighted by molar-refractivity contribution is 9.10. The van der Waals surface area contributed by atoms with E-state index in [1.54, 1.807) is 6.21 Å². The van der Waals surface area contributed by atoms with Crippen LogP contribution in [-0.4, -0.2) is 18.7 Å². The number of hydrogen-bond acceptors (Lipinski definition) is 4. The van der Waals surface area contributed by atoms with Gasteiger partial charge in [0.05, 0.1) is 17.2 Å². The summed E-state index contributed by atoms with van der Waals surface area (Å²) in [6.45, 7) is 0.491. The number of nitrogens with one attached hydrogen (secondary N) is 2. The van der Waals surface area contributed by atoms with Crippen molar-refractivity contribution in [2.45, 2.75) is 6.61 Å². The van der Waals surface area contributed by atoms with Crippen molar-refractivity contribution in [1.29, 1.82) is 0 Å². The number of anilines is 1. The van der Waals surface area contributed by atoms with Crippen molar-refractivity contribution < 1.29 is 9.53 Å². The van der Waals surface area contributed by atoms with Gasteiger partial charge >= 0.3 is 0 Å². The number of hydrazone groups is 1. The third-order valence-electron chi connectivity index (χ3n) is 4.00. The van der Waals surface area contributed by atoms with Crippen molar-refractivity contribution in [1.82, 2.24) is 5.43 Å². The molecule has 0 fully saturated rings. The Morgan fingerprint density at radius 3 is 2.57 bits per heavy atom. The maximum atomic E-state index is 11.9. The Morgan fingerprint density at radius 2 is 1.83 bits per heavy atom. The number of hydrogen-bond donors (Lipinski definition) is 2. The lowest BCUT2D eigenvalue weighted by Gasteiger charge is -2.10. The summed E-state index contributed by atoms with van der Waals surface area (Å²) in [5, 5.41) is 7.69. The highest BCUT2D eigenvalue weighted by atomic mass is 79.9. The van der Waals surface area contributed by atoms with E-state index in [2.05, 4.69) is 47.7 Å². The van der Waals surface area contributed by atoms with Crippen LogP contribution in [0, 0.1) is 0 Å². The van der Waals surface area contributed by atoms with Crippen LogP contribution >= 0.6 is 43.5 Å². The zero-order valence-corrected chi connectivity index (χ0v) is 19.7. The van der Waals surface area contributed by atoms with Gasteiger partial charge in [-0.2, -0.15) is 5.10 Å². The Kier molecular flexibility index (Phi) is 8.30. The van der Waals surface area contributed by atoms with Gasteiger partial charge in [-0.15, -0.1) is 0 Å². The largest absolute Gasteiger partial charge is 0.488 e. The Balaban J connectivity index is 1.48. The Hall–Kier alpha value is -2.35. The summed E-state index contributed by atoms with van der Waals surface area (Å²) in [4.78, 5) is 11.9. The lowest BCUT2D eigenvalue weighted by atomic mass is 10.2. The van der Waals surface area contributed by atoms with Crippen molar-refractivity contribution in [3.05, 3.63) is 91.8 Å². The summed E-state index contributed by atoms with van der Waals surface area (Å²) in [6.07, 6.45) is 1.57. The molecule has 0 saturated carbocycles. The van der Waals surface area contributed by atoms with Crippen LogP contribution in [0.1, 0.15) is 11.1 Å². The first kappa shape index (κ1) is 22.3. The molecule has 0 atom stereocenters. The van der Waals surface area contributed by atoms with E-state index in [-0.39, 0.29) is 12.5 Å². The first-order valence-corrected chi connectivity index (χ1v) is 10.9. The summed E-state index contributed by atoms with van der Waals surface area (Å²) in [5.41, 5.74) is 5.08. The third-order valence-corrected chi connectivity index (χ3v) is 5.51. The predicted molar refractivity (Wildman–Crippen MR) is 128 cm³/mol. The average Bonchev–Trinajstić information content (AvgIpc) is 2.74. The van der Waals surface area contributed by atoms with E-state index in [0.29, 0.717) is 17.4 Å². The highest BCUT2D eigenvalue weighted by Gasteiger charge is 2.05. The van der Waals surface area contributed by atoms with Gasteiger partial charge in [0, 0.05) is 20.7 Å². The molecule has 0 radical (unpaired) electrons. The van der Waals surface area contributed by atoms with Crippen LogP contribution in [0.25, 0.3) is 0 Å². The van der Waals surface area contributed by atoms with Gasteiger partial charge < -0.3 is 10.1 Å². The molecule has 30 heavy (non-hydrogen) atoms. The molecule has 0 aromatic heterocycles. The lowest BCUT2D eigenvalue weighted by molar-refractivity contribution is -0.119. The fraction of sp³-hybridized carbons (Fsp3) is 0.0909. The molecule has 2 N–H and O–H groups in total. The van der Waals surface area contributed by atoms with Crippen molar-refractivity contribution in [3.8, 4) is 5.75 Å². The molecular formula is C22H18Br2ClN3O2. The minimum absolute atomic E-state index is 0.123. The molecule has 0 aliphatic rings. The third kappa shape index (κ3) is 6.86. The molecule has 0 aliphatic heterocycles. The molecule has 3 aromatic rings. The number of amides is 1. The molecule has 3 aromatic carbocycles. The SMILES string of the molecule is O=C(CNc1ccc(Br)cc1)N/N=C\c1ccc(OCc2ccccc2Cl)c(Br)c1. The lowest BCUT2D eigenvalue weighted by Crippen LogP contribution is -2.25. The van der Waals surface area contributed by atoms with E-state index in [4.69, 9.17) is 16.3 Å². The molecule has 5 nitrogen and oxygen atoms in total. The molecular weight excluding hydrogens is 534 g/mol. The number of nitrogens with zero attached hydrogens (tertiary/aromatic N) is 1. The minimum Gasteiger partial charge on any atom is -0.488 e. The molecule has 0 unspecified atom stereocenters. The van der Waals surface area contributed by atoms with Gasteiger partial charge in [-0.3, -0.25) is 4.79 Å². The monoisotopic (exact) mass is 549 g/mol. The fourth-order valence-electron chi connectivity index (χ4n) is 2.45. The van der Waals surface area contributed by atoms with E-state index in [0.717, 1.165) is 25.8 Å². The number of rotatable bonds is 8. The molecule has 0 heterocycles. The van der Waals surface area contributed by atoms with Crippen LogP contribution < -0.4 is 15.5 Å². The van der Waals surface area contributed by atoms with Crippen molar-refractivity contribution >= 4 is 61.3 Å². The van der Waals surface area contributed by atoms with Crippen molar-refractivity contribution in [2.75, 3.05) is 11.9 Å². The fourth-order valence-corrected chi connectivity index (χ4v) is 3.42. The molecule has 1 amide bonds. The first-order valence-electron chi connectivity index (χ1n) is 8.98. The van der Waals surface area contributed by atoms with Gasteiger partial charge in [-0.05, 0) is 70.0 Å². The maximum Gasteiger partial charge on any atom is 0.259 e. The first-order chi connectivity index (χ1) is 14.5. The zero-order chi connectivity index (χ0) is 21.3.